The minimum atomic E-state index is 0.380. The number of aromatic nitrogens is 1. The van der Waals surface area contributed by atoms with E-state index in [0.29, 0.717) is 12.1 Å². The molecule has 1 fully saturated rings. The van der Waals surface area contributed by atoms with E-state index in [4.69, 9.17) is 10.2 Å². The monoisotopic (exact) mass is 195 g/mol. The predicted molar refractivity (Wildman–Crippen MR) is 53.7 cm³/mol. The summed E-state index contributed by atoms with van der Waals surface area (Å²) < 4.78 is 5.13. The molecule has 1 saturated carbocycles. The third kappa shape index (κ3) is 2.13. The van der Waals surface area contributed by atoms with Crippen LogP contribution in [0.1, 0.15) is 30.7 Å². The summed E-state index contributed by atoms with van der Waals surface area (Å²) in [4.78, 5) is 4.14. The molecule has 0 amide bonds. The van der Waals surface area contributed by atoms with Gasteiger partial charge in [-0.15, -0.1) is 0 Å². The second kappa shape index (κ2) is 4.11. The number of rotatable bonds is 3. The summed E-state index contributed by atoms with van der Waals surface area (Å²) in [6.07, 6.45) is 4.89. The van der Waals surface area contributed by atoms with Crippen molar-refractivity contribution in [1.29, 1.82) is 0 Å². The van der Waals surface area contributed by atoms with Gasteiger partial charge in [-0.25, -0.2) is 4.98 Å². The second-order valence-corrected chi connectivity index (χ2v) is 4.01. The van der Waals surface area contributed by atoms with Crippen molar-refractivity contribution in [2.24, 2.45) is 5.73 Å². The van der Waals surface area contributed by atoms with Crippen LogP contribution in [0, 0.1) is 6.92 Å². The maximum atomic E-state index is 5.83. The normalized spacial score (nSPS) is 27.0. The zero-order valence-electron chi connectivity index (χ0n) is 8.49. The Morgan fingerprint density at radius 3 is 3.07 bits per heavy atom. The third-order valence-electron chi connectivity index (χ3n) is 2.88. The van der Waals surface area contributed by atoms with Crippen LogP contribution in [0.4, 0.5) is 0 Å². The van der Waals surface area contributed by atoms with E-state index >= 15 is 0 Å². The van der Waals surface area contributed by atoms with E-state index < -0.39 is 0 Å². The summed E-state index contributed by atoms with van der Waals surface area (Å²) in [5, 5.41) is 3.45. The molecule has 4 heteroatoms. The van der Waals surface area contributed by atoms with Crippen LogP contribution in [-0.4, -0.2) is 17.1 Å². The van der Waals surface area contributed by atoms with Gasteiger partial charge in [0, 0.05) is 18.6 Å². The van der Waals surface area contributed by atoms with Gasteiger partial charge in [-0.05, 0) is 26.2 Å². The summed E-state index contributed by atoms with van der Waals surface area (Å²) in [7, 11) is 0. The van der Waals surface area contributed by atoms with Gasteiger partial charge in [-0.1, -0.05) is 0 Å². The lowest BCUT2D eigenvalue weighted by atomic mass is 10.2. The van der Waals surface area contributed by atoms with Crippen LogP contribution in [0.2, 0.25) is 0 Å². The van der Waals surface area contributed by atoms with Crippen molar-refractivity contribution < 1.29 is 4.42 Å². The van der Waals surface area contributed by atoms with Crippen LogP contribution in [0.3, 0.4) is 0 Å². The second-order valence-electron chi connectivity index (χ2n) is 4.01. The Labute approximate surface area is 83.9 Å². The van der Waals surface area contributed by atoms with Crippen molar-refractivity contribution in [1.82, 2.24) is 10.3 Å². The minimum absolute atomic E-state index is 0.380. The summed E-state index contributed by atoms with van der Waals surface area (Å²) >= 11 is 0. The van der Waals surface area contributed by atoms with Crippen molar-refractivity contribution in [2.45, 2.75) is 44.8 Å². The van der Waals surface area contributed by atoms with E-state index in [1.807, 2.05) is 6.92 Å². The molecule has 1 heterocycles. The molecule has 1 aromatic rings. The maximum Gasteiger partial charge on any atom is 0.181 e. The Hall–Kier alpha value is -0.870. The molecule has 0 aromatic carbocycles. The maximum absolute atomic E-state index is 5.83. The molecule has 1 aliphatic carbocycles. The number of oxazole rings is 1. The highest BCUT2D eigenvalue weighted by Crippen LogP contribution is 2.17. The average Bonchev–Trinajstić information content (AvgIpc) is 2.72. The standard InChI is InChI=1S/C10H17N3O/c1-7-10(13-6-14-7)5-12-9-3-2-8(11)4-9/h6,8-9,12H,2-5,11H2,1H3. The van der Waals surface area contributed by atoms with Crippen molar-refractivity contribution in [3.63, 3.8) is 0 Å². The Balaban J connectivity index is 1.80. The van der Waals surface area contributed by atoms with Crippen molar-refractivity contribution in [3.05, 3.63) is 17.8 Å². The van der Waals surface area contributed by atoms with E-state index in [9.17, 15) is 0 Å². The Morgan fingerprint density at radius 2 is 2.50 bits per heavy atom. The molecular weight excluding hydrogens is 178 g/mol. The summed E-state index contributed by atoms with van der Waals surface area (Å²) in [6, 6.07) is 0.937. The molecule has 14 heavy (non-hydrogen) atoms. The Bertz CT molecular complexity index is 297. The lowest BCUT2D eigenvalue weighted by Crippen LogP contribution is -2.28. The summed E-state index contributed by atoms with van der Waals surface area (Å²) in [6.45, 7) is 2.73. The fourth-order valence-electron chi connectivity index (χ4n) is 1.94. The van der Waals surface area contributed by atoms with E-state index in [2.05, 4.69) is 10.3 Å². The lowest BCUT2D eigenvalue weighted by molar-refractivity contribution is 0.500. The van der Waals surface area contributed by atoms with Gasteiger partial charge in [0.2, 0.25) is 0 Å². The van der Waals surface area contributed by atoms with Gasteiger partial charge in [-0.2, -0.15) is 0 Å². The zero-order chi connectivity index (χ0) is 9.97. The predicted octanol–water partition coefficient (Wildman–Crippen LogP) is 0.952. The number of hydrogen-bond donors (Lipinski definition) is 2. The van der Waals surface area contributed by atoms with Gasteiger partial charge < -0.3 is 15.5 Å². The summed E-state index contributed by atoms with van der Waals surface area (Å²) in [5.74, 6) is 0.903. The molecule has 2 rings (SSSR count). The topological polar surface area (TPSA) is 64.1 Å². The number of nitrogens with zero attached hydrogens (tertiary/aromatic N) is 1. The van der Waals surface area contributed by atoms with Gasteiger partial charge in [0.15, 0.2) is 6.39 Å². The van der Waals surface area contributed by atoms with Crippen LogP contribution in [0.25, 0.3) is 0 Å². The average molecular weight is 195 g/mol. The Kier molecular flexibility index (Phi) is 2.84. The molecular formula is C10H17N3O. The third-order valence-corrected chi connectivity index (χ3v) is 2.88. The molecule has 0 aliphatic heterocycles. The molecule has 0 saturated heterocycles. The fourth-order valence-corrected chi connectivity index (χ4v) is 1.94. The highest BCUT2D eigenvalue weighted by Gasteiger charge is 2.21. The van der Waals surface area contributed by atoms with Gasteiger partial charge >= 0.3 is 0 Å². The Morgan fingerprint density at radius 1 is 1.64 bits per heavy atom. The molecule has 2 unspecified atom stereocenters. The van der Waals surface area contributed by atoms with Crippen LogP contribution in [0.15, 0.2) is 10.8 Å². The minimum Gasteiger partial charge on any atom is -0.448 e. The molecule has 1 aliphatic rings. The first-order chi connectivity index (χ1) is 6.75. The molecule has 3 N–H and O–H groups in total. The highest BCUT2D eigenvalue weighted by molar-refractivity contribution is 5.04. The van der Waals surface area contributed by atoms with Crippen LogP contribution in [-0.2, 0) is 6.54 Å². The number of nitrogens with two attached hydrogens (primary N) is 1. The zero-order valence-corrected chi connectivity index (χ0v) is 8.49. The largest absolute Gasteiger partial charge is 0.448 e. The molecule has 2 atom stereocenters. The van der Waals surface area contributed by atoms with Crippen molar-refractivity contribution in [2.75, 3.05) is 0 Å². The van der Waals surface area contributed by atoms with E-state index in [-0.39, 0.29) is 0 Å². The van der Waals surface area contributed by atoms with Gasteiger partial charge in [-0.3, -0.25) is 0 Å². The van der Waals surface area contributed by atoms with E-state index in [0.717, 1.165) is 30.8 Å². The molecule has 1 aromatic heterocycles. The number of aryl methyl sites for hydroxylation is 1. The quantitative estimate of drug-likeness (QED) is 0.753. The summed E-state index contributed by atoms with van der Waals surface area (Å²) in [5.41, 5.74) is 6.83. The first kappa shape index (κ1) is 9.68. The first-order valence-corrected chi connectivity index (χ1v) is 5.13. The first-order valence-electron chi connectivity index (χ1n) is 5.13. The van der Waals surface area contributed by atoms with Gasteiger partial charge in [0.25, 0.3) is 0 Å². The van der Waals surface area contributed by atoms with E-state index in [1.54, 1.807) is 0 Å². The smallest absolute Gasteiger partial charge is 0.181 e. The fraction of sp³-hybridized carbons (Fsp3) is 0.700. The molecule has 0 spiro atoms. The highest BCUT2D eigenvalue weighted by atomic mass is 16.3. The molecule has 4 nitrogen and oxygen atoms in total. The SMILES string of the molecule is Cc1ocnc1CNC1CCC(N)C1. The van der Waals surface area contributed by atoms with Gasteiger partial charge in [0.1, 0.15) is 5.76 Å². The van der Waals surface area contributed by atoms with Gasteiger partial charge in [0.05, 0.1) is 5.69 Å². The number of nitrogens with one attached hydrogen (secondary N) is 1. The van der Waals surface area contributed by atoms with Crippen molar-refractivity contribution >= 4 is 0 Å². The van der Waals surface area contributed by atoms with Crippen LogP contribution in [0.5, 0.6) is 0 Å². The van der Waals surface area contributed by atoms with Crippen LogP contribution >= 0.6 is 0 Å². The molecule has 0 radical (unpaired) electrons. The molecule has 78 valence electrons. The molecule has 0 bridgehead atoms. The van der Waals surface area contributed by atoms with Crippen molar-refractivity contribution in [3.8, 4) is 0 Å². The lowest BCUT2D eigenvalue weighted by Gasteiger charge is -2.10. The van der Waals surface area contributed by atoms with Crippen LogP contribution < -0.4 is 11.1 Å². The number of hydrogen-bond acceptors (Lipinski definition) is 4. The van der Waals surface area contributed by atoms with E-state index in [1.165, 1.54) is 12.8 Å².